The molecule has 3 aromatic carbocycles. The number of hydrogen-bond acceptors (Lipinski definition) is 4. The van der Waals surface area contributed by atoms with E-state index in [4.69, 9.17) is 0 Å². The Bertz CT molecular complexity index is 1560. The average molecular weight is 695 g/mol. The van der Waals surface area contributed by atoms with Crippen LogP contribution in [0.25, 0.3) is 0 Å². The summed E-state index contributed by atoms with van der Waals surface area (Å²) in [6, 6.07) is 15.8. The number of benzene rings is 3. The number of nitrogens with one attached hydrogen (secondary N) is 1. The normalized spacial score (nSPS) is 15.0. The van der Waals surface area contributed by atoms with Crippen LogP contribution in [0.3, 0.4) is 0 Å². The van der Waals surface area contributed by atoms with Gasteiger partial charge in [-0.15, -0.1) is 0 Å². The molecule has 236 valence electrons. The van der Waals surface area contributed by atoms with E-state index in [1.165, 1.54) is 23.1 Å². The summed E-state index contributed by atoms with van der Waals surface area (Å²) >= 11 is 3.38. The van der Waals surface area contributed by atoms with Crippen molar-refractivity contribution >= 4 is 43.5 Å². The molecular weight excluding hydrogens is 659 g/mol. The summed E-state index contributed by atoms with van der Waals surface area (Å²) in [6.07, 6.45) is -0.00256. The van der Waals surface area contributed by atoms with E-state index in [1.54, 1.807) is 50.2 Å². The SMILES string of the molecule is Cc1ccc(S(=O)(=O)N(CC(=O)N(Cc2ccc(Br)cc2)[C@@H](C)C(=O)NC2CCCCC2)c2cccc(C(F)(F)F)c2)cc1. The van der Waals surface area contributed by atoms with Crippen molar-refractivity contribution in [1.29, 1.82) is 0 Å². The molecule has 0 heterocycles. The summed E-state index contributed by atoms with van der Waals surface area (Å²) in [5, 5.41) is 3.02. The standard InChI is InChI=1S/C32H35BrF3N3O4S/c1-22-11-17-29(18-12-22)44(42,43)39(28-10-6-7-25(19-28)32(34,35)36)21-30(40)38(20-24-13-15-26(33)16-14-24)23(2)31(41)37-27-8-4-3-5-9-27/h6-7,10-19,23,27H,3-5,8-9,20-21H2,1-2H3,(H,37,41)/t23-/m0/s1. The summed E-state index contributed by atoms with van der Waals surface area (Å²) in [4.78, 5) is 28.5. The van der Waals surface area contributed by atoms with Crippen molar-refractivity contribution in [3.05, 3.63) is 94.0 Å². The summed E-state index contributed by atoms with van der Waals surface area (Å²) < 4.78 is 70.3. The summed E-state index contributed by atoms with van der Waals surface area (Å²) in [5.74, 6) is -1.12. The first-order chi connectivity index (χ1) is 20.8. The molecule has 1 aliphatic rings. The molecule has 0 spiro atoms. The maximum Gasteiger partial charge on any atom is 0.416 e. The van der Waals surface area contributed by atoms with Gasteiger partial charge in [-0.05, 0) is 74.7 Å². The topological polar surface area (TPSA) is 86.8 Å². The van der Waals surface area contributed by atoms with Crippen molar-refractivity contribution in [3.8, 4) is 0 Å². The zero-order valence-corrected chi connectivity index (χ0v) is 26.9. The minimum Gasteiger partial charge on any atom is -0.352 e. The van der Waals surface area contributed by atoms with Crippen molar-refractivity contribution in [2.75, 3.05) is 10.8 Å². The highest BCUT2D eigenvalue weighted by Crippen LogP contribution is 2.33. The van der Waals surface area contributed by atoms with Crippen LogP contribution < -0.4 is 9.62 Å². The minimum absolute atomic E-state index is 0.0214. The number of amides is 2. The van der Waals surface area contributed by atoms with E-state index in [9.17, 15) is 31.2 Å². The maximum atomic E-state index is 14.1. The van der Waals surface area contributed by atoms with Gasteiger partial charge in [0.1, 0.15) is 12.6 Å². The van der Waals surface area contributed by atoms with Crippen LogP contribution in [0.2, 0.25) is 0 Å². The van der Waals surface area contributed by atoms with Crippen LogP contribution in [-0.4, -0.2) is 43.8 Å². The van der Waals surface area contributed by atoms with Crippen molar-refractivity contribution in [2.45, 2.75) is 75.7 Å². The predicted octanol–water partition coefficient (Wildman–Crippen LogP) is 6.84. The Morgan fingerprint density at radius 1 is 0.977 bits per heavy atom. The molecule has 1 aliphatic carbocycles. The van der Waals surface area contributed by atoms with Crippen LogP contribution in [-0.2, 0) is 32.3 Å². The van der Waals surface area contributed by atoms with E-state index in [1.807, 2.05) is 0 Å². The van der Waals surface area contributed by atoms with Gasteiger partial charge in [0.2, 0.25) is 11.8 Å². The second-order valence-corrected chi connectivity index (χ2v) is 13.8. The van der Waals surface area contributed by atoms with E-state index in [0.717, 1.165) is 54.3 Å². The lowest BCUT2D eigenvalue weighted by Gasteiger charge is -2.33. The molecule has 7 nitrogen and oxygen atoms in total. The first kappa shape index (κ1) is 33.5. The first-order valence-electron chi connectivity index (χ1n) is 14.4. The van der Waals surface area contributed by atoms with Crippen LogP contribution in [0.15, 0.2) is 82.2 Å². The second-order valence-electron chi connectivity index (χ2n) is 11.0. The summed E-state index contributed by atoms with van der Waals surface area (Å²) in [5.41, 5.74) is 0.0881. The average Bonchev–Trinajstić information content (AvgIpc) is 2.99. The van der Waals surface area contributed by atoms with Gasteiger partial charge in [0.05, 0.1) is 16.1 Å². The van der Waals surface area contributed by atoms with Crippen LogP contribution in [0.5, 0.6) is 0 Å². The van der Waals surface area contributed by atoms with Gasteiger partial charge >= 0.3 is 6.18 Å². The molecule has 1 saturated carbocycles. The zero-order valence-electron chi connectivity index (χ0n) is 24.5. The molecule has 0 unspecified atom stereocenters. The quantitative estimate of drug-likeness (QED) is 0.252. The number of sulfonamides is 1. The third-order valence-electron chi connectivity index (χ3n) is 7.73. The number of nitrogens with zero attached hydrogens (tertiary/aromatic N) is 2. The third kappa shape index (κ3) is 8.41. The largest absolute Gasteiger partial charge is 0.416 e. The van der Waals surface area contributed by atoms with E-state index in [-0.39, 0.29) is 29.1 Å². The number of anilines is 1. The van der Waals surface area contributed by atoms with E-state index < -0.39 is 40.3 Å². The Morgan fingerprint density at radius 3 is 2.23 bits per heavy atom. The molecule has 12 heteroatoms. The number of carbonyl (C=O) groups is 2. The Labute approximate surface area is 264 Å². The Balaban J connectivity index is 1.72. The number of aryl methyl sites for hydroxylation is 1. The Kier molecular flexibility index (Phi) is 10.8. The molecule has 1 fully saturated rings. The lowest BCUT2D eigenvalue weighted by molar-refractivity contribution is -0.139. The smallest absolute Gasteiger partial charge is 0.352 e. The number of hydrogen-bond donors (Lipinski definition) is 1. The van der Waals surface area contributed by atoms with Crippen LogP contribution in [0.1, 0.15) is 55.7 Å². The molecule has 1 N–H and O–H groups in total. The molecule has 2 amide bonds. The molecule has 0 radical (unpaired) electrons. The first-order valence-corrected chi connectivity index (χ1v) is 16.6. The molecule has 0 aliphatic heterocycles. The van der Waals surface area contributed by atoms with Crippen molar-refractivity contribution in [2.24, 2.45) is 0 Å². The Hall–Kier alpha value is -3.38. The van der Waals surface area contributed by atoms with Crippen LogP contribution in [0, 0.1) is 6.92 Å². The highest BCUT2D eigenvalue weighted by atomic mass is 79.9. The van der Waals surface area contributed by atoms with Crippen molar-refractivity contribution in [1.82, 2.24) is 10.2 Å². The molecule has 4 rings (SSSR count). The molecule has 44 heavy (non-hydrogen) atoms. The van der Waals surface area contributed by atoms with Gasteiger partial charge in [-0.3, -0.25) is 13.9 Å². The van der Waals surface area contributed by atoms with Gasteiger partial charge in [0.15, 0.2) is 0 Å². The van der Waals surface area contributed by atoms with E-state index in [0.29, 0.717) is 15.9 Å². The maximum absolute atomic E-state index is 14.1. The summed E-state index contributed by atoms with van der Waals surface area (Å²) in [7, 11) is -4.50. The number of rotatable bonds is 10. The minimum atomic E-state index is -4.74. The summed E-state index contributed by atoms with van der Waals surface area (Å²) in [6.45, 7) is 2.49. The highest BCUT2D eigenvalue weighted by Gasteiger charge is 2.35. The number of carbonyl (C=O) groups excluding carboxylic acids is 2. The fourth-order valence-electron chi connectivity index (χ4n) is 5.14. The van der Waals surface area contributed by atoms with Gasteiger partial charge in [-0.1, -0.05) is 71.1 Å². The molecule has 0 bridgehead atoms. The van der Waals surface area contributed by atoms with E-state index in [2.05, 4.69) is 21.2 Å². The van der Waals surface area contributed by atoms with Gasteiger partial charge in [-0.2, -0.15) is 13.2 Å². The zero-order chi connectivity index (χ0) is 32.1. The van der Waals surface area contributed by atoms with Crippen LogP contribution in [0.4, 0.5) is 18.9 Å². The van der Waals surface area contributed by atoms with E-state index >= 15 is 0 Å². The lowest BCUT2D eigenvalue weighted by atomic mass is 9.95. The monoisotopic (exact) mass is 693 g/mol. The number of halogens is 4. The highest BCUT2D eigenvalue weighted by molar-refractivity contribution is 9.10. The van der Waals surface area contributed by atoms with Gasteiger partial charge in [0, 0.05) is 17.1 Å². The van der Waals surface area contributed by atoms with Gasteiger partial charge < -0.3 is 10.2 Å². The van der Waals surface area contributed by atoms with Crippen molar-refractivity contribution < 1.29 is 31.2 Å². The van der Waals surface area contributed by atoms with Gasteiger partial charge in [-0.25, -0.2) is 8.42 Å². The lowest BCUT2D eigenvalue weighted by Crippen LogP contribution is -2.53. The predicted molar refractivity (Wildman–Crippen MR) is 166 cm³/mol. The van der Waals surface area contributed by atoms with Crippen molar-refractivity contribution in [3.63, 3.8) is 0 Å². The fraction of sp³-hybridized carbons (Fsp3) is 0.375. The Morgan fingerprint density at radius 2 is 1.61 bits per heavy atom. The molecule has 0 aromatic heterocycles. The second kappa shape index (κ2) is 14.2. The fourth-order valence-corrected chi connectivity index (χ4v) is 6.81. The number of alkyl halides is 3. The molecule has 3 aromatic rings. The molecule has 1 atom stereocenters. The van der Waals surface area contributed by atoms with Crippen LogP contribution >= 0.6 is 15.9 Å². The third-order valence-corrected chi connectivity index (χ3v) is 10.1. The molecule has 0 saturated heterocycles. The van der Waals surface area contributed by atoms with Gasteiger partial charge in [0.25, 0.3) is 10.0 Å². The molecular formula is C32H35BrF3N3O4S.